The average Bonchev–Trinajstić information content (AvgIpc) is 3.40. The largest absolute Gasteiger partial charge is 0.383 e. The maximum absolute atomic E-state index is 14.3. The van der Waals surface area contributed by atoms with Crippen LogP contribution in [0.4, 0.5) is 14.6 Å². The SMILES string of the molecule is Nc1ncc(C2C[C@H]3CNC[C@H]3C2)cc1-c1nnnn1-c1cccc(F)c1F. The van der Waals surface area contributed by atoms with E-state index in [-0.39, 0.29) is 17.3 Å². The molecule has 0 radical (unpaired) electrons. The molecule has 1 unspecified atom stereocenters. The Morgan fingerprint density at radius 3 is 2.71 bits per heavy atom. The molecule has 0 bridgehead atoms. The van der Waals surface area contributed by atoms with Gasteiger partial charge in [-0.1, -0.05) is 6.07 Å². The topological polar surface area (TPSA) is 94.5 Å². The number of nitrogen functional groups attached to an aromatic ring is 1. The molecular weight excluding hydrogens is 364 g/mol. The molecule has 1 saturated carbocycles. The molecule has 1 saturated heterocycles. The monoisotopic (exact) mass is 383 g/mol. The van der Waals surface area contributed by atoms with Crippen LogP contribution in [0.15, 0.2) is 30.5 Å². The number of tetrazole rings is 1. The molecule has 0 amide bonds. The molecule has 3 heterocycles. The van der Waals surface area contributed by atoms with E-state index in [1.54, 1.807) is 6.20 Å². The van der Waals surface area contributed by atoms with Crippen LogP contribution in [0.2, 0.25) is 0 Å². The minimum atomic E-state index is -1.02. The Balaban J connectivity index is 1.54. The zero-order valence-corrected chi connectivity index (χ0v) is 15.0. The van der Waals surface area contributed by atoms with Crippen LogP contribution >= 0.6 is 0 Å². The summed E-state index contributed by atoms with van der Waals surface area (Å²) in [5, 5.41) is 14.9. The second-order valence-electron chi connectivity index (χ2n) is 7.54. The Morgan fingerprint density at radius 2 is 1.93 bits per heavy atom. The van der Waals surface area contributed by atoms with Crippen LogP contribution in [0.5, 0.6) is 0 Å². The van der Waals surface area contributed by atoms with Gasteiger partial charge in [-0.15, -0.1) is 5.10 Å². The second kappa shape index (κ2) is 6.59. The van der Waals surface area contributed by atoms with Gasteiger partial charge in [0.2, 0.25) is 0 Å². The summed E-state index contributed by atoms with van der Waals surface area (Å²) >= 11 is 0. The van der Waals surface area contributed by atoms with Gasteiger partial charge >= 0.3 is 0 Å². The van der Waals surface area contributed by atoms with Crippen molar-refractivity contribution in [3.63, 3.8) is 0 Å². The van der Waals surface area contributed by atoms with Crippen molar-refractivity contribution >= 4 is 5.82 Å². The van der Waals surface area contributed by atoms with E-state index >= 15 is 0 Å². The summed E-state index contributed by atoms with van der Waals surface area (Å²) in [6.45, 7) is 2.13. The Kier molecular flexibility index (Phi) is 4.04. The van der Waals surface area contributed by atoms with Gasteiger partial charge in [0.15, 0.2) is 17.5 Å². The number of nitrogens with two attached hydrogens (primary N) is 1. The zero-order chi connectivity index (χ0) is 19.3. The van der Waals surface area contributed by atoms with E-state index in [0.717, 1.165) is 42.2 Å². The molecule has 0 spiro atoms. The number of fused-ring (bicyclic) bond motifs is 1. The lowest BCUT2D eigenvalue weighted by molar-refractivity contribution is 0.494. The van der Waals surface area contributed by atoms with Gasteiger partial charge in [-0.25, -0.2) is 13.8 Å². The van der Waals surface area contributed by atoms with E-state index in [4.69, 9.17) is 5.73 Å². The van der Waals surface area contributed by atoms with E-state index in [2.05, 4.69) is 25.8 Å². The van der Waals surface area contributed by atoms with E-state index in [9.17, 15) is 8.78 Å². The third kappa shape index (κ3) is 2.73. The van der Waals surface area contributed by atoms with Gasteiger partial charge in [0, 0.05) is 6.20 Å². The summed E-state index contributed by atoms with van der Waals surface area (Å²) in [5.41, 5.74) is 7.60. The first-order valence-corrected chi connectivity index (χ1v) is 9.31. The highest BCUT2D eigenvalue weighted by atomic mass is 19.2. The molecule has 7 nitrogen and oxygen atoms in total. The van der Waals surface area contributed by atoms with Gasteiger partial charge in [-0.2, -0.15) is 4.68 Å². The molecule has 5 rings (SSSR count). The Hall–Kier alpha value is -2.94. The number of benzene rings is 1. The summed E-state index contributed by atoms with van der Waals surface area (Å²) in [4.78, 5) is 4.33. The van der Waals surface area contributed by atoms with Crippen LogP contribution in [0.3, 0.4) is 0 Å². The number of pyridine rings is 1. The molecule has 3 N–H and O–H groups in total. The molecule has 1 aliphatic carbocycles. The van der Waals surface area contributed by atoms with Gasteiger partial charge in [0.1, 0.15) is 11.5 Å². The molecule has 3 atom stereocenters. The number of nitrogens with one attached hydrogen (secondary N) is 1. The number of hydrogen-bond acceptors (Lipinski definition) is 6. The van der Waals surface area contributed by atoms with Crippen molar-refractivity contribution in [3.8, 4) is 17.1 Å². The van der Waals surface area contributed by atoms with Crippen molar-refractivity contribution in [1.29, 1.82) is 0 Å². The highest BCUT2D eigenvalue weighted by Gasteiger charge is 2.38. The van der Waals surface area contributed by atoms with Crippen LogP contribution < -0.4 is 11.1 Å². The quantitative estimate of drug-likeness (QED) is 0.721. The lowest BCUT2D eigenvalue weighted by Gasteiger charge is -2.14. The smallest absolute Gasteiger partial charge is 0.190 e. The molecule has 3 aromatic rings. The third-order valence-corrected chi connectivity index (χ3v) is 5.94. The Labute approximate surface area is 160 Å². The molecule has 2 fully saturated rings. The molecule has 28 heavy (non-hydrogen) atoms. The summed E-state index contributed by atoms with van der Waals surface area (Å²) < 4.78 is 29.1. The van der Waals surface area contributed by atoms with E-state index in [1.165, 1.54) is 12.1 Å². The molecule has 144 valence electrons. The van der Waals surface area contributed by atoms with E-state index in [0.29, 0.717) is 23.3 Å². The highest BCUT2D eigenvalue weighted by Crippen LogP contribution is 2.44. The first-order valence-electron chi connectivity index (χ1n) is 9.31. The Morgan fingerprint density at radius 1 is 1.14 bits per heavy atom. The maximum atomic E-state index is 14.3. The number of anilines is 1. The number of rotatable bonds is 3. The fraction of sp³-hybridized carbons (Fsp3) is 0.368. The van der Waals surface area contributed by atoms with Crippen LogP contribution in [-0.2, 0) is 0 Å². The number of hydrogen-bond donors (Lipinski definition) is 2. The molecule has 2 aromatic heterocycles. The predicted octanol–water partition coefficient (Wildman–Crippen LogP) is 2.30. The van der Waals surface area contributed by atoms with Gasteiger partial charge in [0.05, 0.1) is 5.56 Å². The predicted molar refractivity (Wildman–Crippen MR) is 98.5 cm³/mol. The fourth-order valence-corrected chi connectivity index (χ4v) is 4.51. The van der Waals surface area contributed by atoms with Crippen molar-refractivity contribution in [2.45, 2.75) is 18.8 Å². The first kappa shape index (κ1) is 17.2. The van der Waals surface area contributed by atoms with E-state index in [1.807, 2.05) is 6.07 Å². The molecule has 1 aliphatic heterocycles. The number of halogens is 2. The van der Waals surface area contributed by atoms with Gasteiger partial charge < -0.3 is 11.1 Å². The minimum absolute atomic E-state index is 0.0775. The first-order chi connectivity index (χ1) is 13.6. The second-order valence-corrected chi connectivity index (χ2v) is 7.54. The van der Waals surface area contributed by atoms with Crippen molar-refractivity contribution < 1.29 is 8.78 Å². The summed E-state index contributed by atoms with van der Waals surface area (Å²) in [5.74, 6) is 0.280. The molecule has 1 aromatic carbocycles. The highest BCUT2D eigenvalue weighted by molar-refractivity contribution is 5.70. The minimum Gasteiger partial charge on any atom is -0.383 e. The maximum Gasteiger partial charge on any atom is 0.190 e. The van der Waals surface area contributed by atoms with Crippen LogP contribution in [0.1, 0.15) is 24.3 Å². The lowest BCUT2D eigenvalue weighted by Crippen LogP contribution is -2.12. The fourth-order valence-electron chi connectivity index (χ4n) is 4.51. The van der Waals surface area contributed by atoms with Crippen LogP contribution in [-0.4, -0.2) is 38.3 Å². The summed E-state index contributed by atoms with van der Waals surface area (Å²) in [7, 11) is 0. The number of nitrogens with zero attached hydrogens (tertiary/aromatic N) is 5. The van der Waals surface area contributed by atoms with E-state index < -0.39 is 11.6 Å². The standard InChI is InChI=1S/C19H19F2N7/c20-15-2-1-3-16(17(15)21)28-19(25-26-27-28)14-6-13(9-24-18(14)22)10-4-11-7-23-8-12(11)5-10/h1-3,6,9-12,23H,4-5,7-8H2,(H2,22,24)/t10?,11-,12+. The summed E-state index contributed by atoms with van der Waals surface area (Å²) in [6.07, 6.45) is 4.01. The van der Waals surface area contributed by atoms with Crippen molar-refractivity contribution in [3.05, 3.63) is 47.7 Å². The summed E-state index contributed by atoms with van der Waals surface area (Å²) in [6, 6.07) is 5.80. The van der Waals surface area contributed by atoms with Crippen LogP contribution in [0, 0.1) is 23.5 Å². The van der Waals surface area contributed by atoms with Crippen LogP contribution in [0.25, 0.3) is 17.1 Å². The number of aromatic nitrogens is 5. The van der Waals surface area contributed by atoms with Crippen molar-refractivity contribution in [1.82, 2.24) is 30.5 Å². The zero-order valence-electron chi connectivity index (χ0n) is 15.0. The van der Waals surface area contributed by atoms with Gasteiger partial charge in [0.25, 0.3) is 0 Å². The molecule has 2 aliphatic rings. The lowest BCUT2D eigenvalue weighted by atomic mass is 9.96. The molecule has 9 heteroatoms. The van der Waals surface area contributed by atoms with Crippen molar-refractivity contribution in [2.75, 3.05) is 18.8 Å². The normalized spacial score (nSPS) is 23.9. The third-order valence-electron chi connectivity index (χ3n) is 5.94. The Bertz CT molecular complexity index is 1020. The molecular formula is C19H19F2N7. The van der Waals surface area contributed by atoms with Crippen molar-refractivity contribution in [2.24, 2.45) is 11.8 Å². The average molecular weight is 383 g/mol. The van der Waals surface area contributed by atoms with Gasteiger partial charge in [-0.05, 0) is 77.9 Å². The van der Waals surface area contributed by atoms with Gasteiger partial charge in [-0.3, -0.25) is 0 Å².